The molecule has 0 aliphatic carbocycles. The summed E-state index contributed by atoms with van der Waals surface area (Å²) in [7, 11) is 0. The quantitative estimate of drug-likeness (QED) is 0.574. The highest BCUT2D eigenvalue weighted by Crippen LogP contribution is 2.34. The van der Waals surface area contributed by atoms with Crippen molar-refractivity contribution in [2.75, 3.05) is 25.2 Å². The molecule has 3 aromatic rings. The summed E-state index contributed by atoms with van der Waals surface area (Å²) in [5, 5.41) is 5.05. The normalized spacial score (nSPS) is 16.9. The first-order valence-corrected chi connectivity index (χ1v) is 10.6. The molecule has 30 heavy (non-hydrogen) atoms. The maximum absolute atomic E-state index is 12.0. The second-order valence-corrected chi connectivity index (χ2v) is 8.44. The summed E-state index contributed by atoms with van der Waals surface area (Å²) in [6.07, 6.45) is 1.93. The van der Waals surface area contributed by atoms with Gasteiger partial charge in [0.25, 0.3) is 0 Å². The zero-order valence-electron chi connectivity index (χ0n) is 16.1. The van der Waals surface area contributed by atoms with Crippen LogP contribution in [0.2, 0.25) is 10.0 Å². The number of nitrogens with one attached hydrogen (secondary N) is 1. The second-order valence-electron chi connectivity index (χ2n) is 7.62. The molecule has 6 nitrogen and oxygen atoms in total. The van der Waals surface area contributed by atoms with Crippen molar-refractivity contribution in [1.29, 1.82) is 0 Å². The topological polar surface area (TPSA) is 63.9 Å². The predicted octanol–water partition coefficient (Wildman–Crippen LogP) is 4.91. The Labute approximate surface area is 183 Å². The van der Waals surface area contributed by atoms with Gasteiger partial charge in [-0.2, -0.15) is 0 Å². The molecule has 0 spiro atoms. The molecule has 2 aliphatic heterocycles. The summed E-state index contributed by atoms with van der Waals surface area (Å²) in [4.78, 5) is 14.4. The van der Waals surface area contributed by atoms with Gasteiger partial charge in [0.15, 0.2) is 11.5 Å². The van der Waals surface area contributed by atoms with Crippen LogP contribution in [0.1, 0.15) is 18.4 Å². The molecule has 0 atom stereocenters. The van der Waals surface area contributed by atoms with Gasteiger partial charge in [0.1, 0.15) is 5.58 Å². The molecule has 5 rings (SSSR count). The largest absolute Gasteiger partial charge is 0.454 e. The molecule has 0 radical (unpaired) electrons. The van der Waals surface area contributed by atoms with Crippen LogP contribution in [-0.4, -0.2) is 30.8 Å². The van der Waals surface area contributed by atoms with E-state index in [9.17, 15) is 4.79 Å². The van der Waals surface area contributed by atoms with E-state index in [-0.39, 0.29) is 6.04 Å². The number of halogens is 2. The van der Waals surface area contributed by atoms with E-state index in [0.29, 0.717) is 22.4 Å². The number of piperidine rings is 1. The molecule has 156 valence electrons. The van der Waals surface area contributed by atoms with Gasteiger partial charge >= 0.3 is 5.63 Å². The molecule has 0 unspecified atom stereocenters. The maximum atomic E-state index is 12.0. The number of benzene rings is 2. The highest BCUT2D eigenvalue weighted by atomic mass is 35.5. The molecule has 0 bridgehead atoms. The minimum Gasteiger partial charge on any atom is -0.454 e. The zero-order chi connectivity index (χ0) is 20.7. The van der Waals surface area contributed by atoms with E-state index in [1.54, 1.807) is 12.1 Å². The van der Waals surface area contributed by atoms with Crippen molar-refractivity contribution in [3.8, 4) is 11.5 Å². The lowest BCUT2D eigenvalue weighted by atomic mass is 10.0. The minimum absolute atomic E-state index is 0.262. The lowest BCUT2D eigenvalue weighted by molar-refractivity contribution is 0.173. The molecule has 8 heteroatoms. The third-order valence-electron chi connectivity index (χ3n) is 5.58. The molecule has 3 heterocycles. The average molecular weight is 447 g/mol. The van der Waals surface area contributed by atoms with Gasteiger partial charge in [-0.15, -0.1) is 0 Å². The van der Waals surface area contributed by atoms with E-state index >= 15 is 0 Å². The number of rotatable bonds is 4. The lowest BCUT2D eigenvalue weighted by Gasteiger charge is -2.33. The predicted molar refractivity (Wildman–Crippen MR) is 117 cm³/mol. The average Bonchev–Trinajstić information content (AvgIpc) is 3.19. The number of hydrogen-bond donors (Lipinski definition) is 1. The number of nitrogens with zero attached hydrogens (tertiary/aromatic N) is 1. The Hall–Kier alpha value is -2.41. The van der Waals surface area contributed by atoms with Crippen molar-refractivity contribution in [3.63, 3.8) is 0 Å². The monoisotopic (exact) mass is 446 g/mol. The number of likely N-dealkylation sites (tertiary alicyclic amines) is 1. The first kappa shape index (κ1) is 19.5. The minimum atomic E-state index is -0.413. The molecular weight excluding hydrogens is 427 g/mol. The summed E-state index contributed by atoms with van der Waals surface area (Å²) in [6, 6.07) is 11.2. The van der Waals surface area contributed by atoms with Crippen molar-refractivity contribution >= 4 is 39.9 Å². The lowest BCUT2D eigenvalue weighted by Crippen LogP contribution is -2.38. The van der Waals surface area contributed by atoms with Crippen LogP contribution < -0.4 is 20.4 Å². The Balaban J connectivity index is 1.25. The van der Waals surface area contributed by atoms with Gasteiger partial charge in [0.2, 0.25) is 6.79 Å². The number of anilines is 1. The molecule has 1 fully saturated rings. The van der Waals surface area contributed by atoms with Crippen LogP contribution in [0.15, 0.2) is 45.6 Å². The first-order chi connectivity index (χ1) is 14.5. The van der Waals surface area contributed by atoms with Crippen LogP contribution in [0.3, 0.4) is 0 Å². The van der Waals surface area contributed by atoms with E-state index < -0.39 is 5.63 Å². The van der Waals surface area contributed by atoms with Crippen molar-refractivity contribution in [3.05, 3.63) is 62.4 Å². The van der Waals surface area contributed by atoms with Gasteiger partial charge in [-0.3, -0.25) is 4.90 Å². The van der Waals surface area contributed by atoms with E-state index in [1.165, 1.54) is 11.6 Å². The Kier molecular flexibility index (Phi) is 5.23. The standard InChI is InChI=1S/C22H20Cl2N2O4/c23-16-8-15-18(10-22(27)30-20(15)9-17(16)24)25-14-3-5-26(6-4-14)11-13-1-2-19-21(7-13)29-12-28-19/h1-2,7-10,14,25H,3-6,11-12H2. The maximum Gasteiger partial charge on any atom is 0.338 e. The van der Waals surface area contributed by atoms with Gasteiger partial charge < -0.3 is 19.2 Å². The summed E-state index contributed by atoms with van der Waals surface area (Å²) >= 11 is 12.2. The molecule has 1 aromatic heterocycles. The second kappa shape index (κ2) is 8.02. The third kappa shape index (κ3) is 3.95. The van der Waals surface area contributed by atoms with Gasteiger partial charge in [-0.05, 0) is 36.6 Å². The van der Waals surface area contributed by atoms with E-state index in [1.807, 2.05) is 6.07 Å². The van der Waals surface area contributed by atoms with E-state index in [4.69, 9.17) is 37.1 Å². The Morgan fingerprint density at radius 1 is 1.00 bits per heavy atom. The number of hydrogen-bond acceptors (Lipinski definition) is 6. The van der Waals surface area contributed by atoms with E-state index in [0.717, 1.165) is 55.0 Å². The van der Waals surface area contributed by atoms with Gasteiger partial charge in [-0.25, -0.2) is 4.79 Å². The molecular formula is C22H20Cl2N2O4. The fourth-order valence-corrected chi connectivity index (χ4v) is 4.35. The Morgan fingerprint density at radius 2 is 1.77 bits per heavy atom. The van der Waals surface area contributed by atoms with Crippen molar-refractivity contribution in [2.45, 2.75) is 25.4 Å². The van der Waals surface area contributed by atoms with Crippen LogP contribution in [-0.2, 0) is 6.54 Å². The van der Waals surface area contributed by atoms with Crippen LogP contribution in [0, 0.1) is 0 Å². The summed E-state index contributed by atoms with van der Waals surface area (Å²) in [5.41, 5.74) is 1.96. The summed E-state index contributed by atoms with van der Waals surface area (Å²) < 4.78 is 16.1. The van der Waals surface area contributed by atoms with Gasteiger partial charge in [0, 0.05) is 43.2 Å². The van der Waals surface area contributed by atoms with Crippen molar-refractivity contribution < 1.29 is 13.9 Å². The van der Waals surface area contributed by atoms with Crippen LogP contribution in [0.4, 0.5) is 5.69 Å². The number of ether oxygens (including phenoxy) is 2. The summed E-state index contributed by atoms with van der Waals surface area (Å²) in [6.45, 7) is 3.07. The van der Waals surface area contributed by atoms with Gasteiger partial charge in [-0.1, -0.05) is 29.3 Å². The fourth-order valence-electron chi connectivity index (χ4n) is 4.03. The highest BCUT2D eigenvalue weighted by Gasteiger charge is 2.21. The van der Waals surface area contributed by atoms with Crippen LogP contribution in [0.5, 0.6) is 11.5 Å². The smallest absolute Gasteiger partial charge is 0.338 e. The SMILES string of the molecule is O=c1cc(NC2CCN(Cc3ccc4c(c3)OCO4)CC2)c2cc(Cl)c(Cl)cc2o1. The molecule has 0 saturated carbocycles. The molecule has 1 saturated heterocycles. The Morgan fingerprint density at radius 3 is 2.60 bits per heavy atom. The zero-order valence-corrected chi connectivity index (χ0v) is 17.6. The summed E-state index contributed by atoms with van der Waals surface area (Å²) in [5.74, 6) is 1.63. The molecule has 1 N–H and O–H groups in total. The van der Waals surface area contributed by atoms with Gasteiger partial charge in [0.05, 0.1) is 15.7 Å². The van der Waals surface area contributed by atoms with Crippen LogP contribution in [0.25, 0.3) is 11.0 Å². The molecule has 2 aromatic carbocycles. The molecule has 2 aliphatic rings. The Bertz CT molecular complexity index is 1160. The molecule has 0 amide bonds. The van der Waals surface area contributed by atoms with Crippen LogP contribution >= 0.6 is 23.2 Å². The highest BCUT2D eigenvalue weighted by molar-refractivity contribution is 6.42. The number of fused-ring (bicyclic) bond motifs is 2. The third-order valence-corrected chi connectivity index (χ3v) is 6.30. The van der Waals surface area contributed by atoms with Crippen molar-refractivity contribution in [2.24, 2.45) is 0 Å². The van der Waals surface area contributed by atoms with Crippen molar-refractivity contribution in [1.82, 2.24) is 4.90 Å². The fraction of sp³-hybridized carbons (Fsp3) is 0.318. The first-order valence-electron chi connectivity index (χ1n) is 9.85. The van der Waals surface area contributed by atoms with E-state index in [2.05, 4.69) is 22.3 Å².